The first-order chi connectivity index (χ1) is 8.98. The van der Waals surface area contributed by atoms with E-state index in [1.54, 1.807) is 12.1 Å². The number of piperidine rings is 1. The first-order valence-corrected chi connectivity index (χ1v) is 8.75. The number of nitrogens with two attached hydrogens (primary N) is 1. The molecule has 1 unspecified atom stereocenters. The zero-order chi connectivity index (χ0) is 14.0. The summed E-state index contributed by atoms with van der Waals surface area (Å²) in [4.78, 5) is 0.142. The third-order valence-electron chi connectivity index (χ3n) is 3.35. The molecule has 1 aromatic carbocycles. The normalized spacial score (nSPS) is 20.4. The zero-order valence-electron chi connectivity index (χ0n) is 10.8. The van der Waals surface area contributed by atoms with E-state index in [1.165, 1.54) is 10.4 Å². The Hall–Kier alpha value is 0.150. The lowest BCUT2D eigenvalue weighted by molar-refractivity contribution is 0.257. The summed E-state index contributed by atoms with van der Waals surface area (Å²) in [6.07, 6.45) is 2.68. The van der Waals surface area contributed by atoms with Gasteiger partial charge in [0.2, 0.25) is 10.0 Å². The van der Waals surface area contributed by atoms with Crippen LogP contribution in [-0.4, -0.2) is 31.9 Å². The van der Waals surface area contributed by atoms with Crippen molar-refractivity contribution in [1.82, 2.24) is 4.31 Å². The molecule has 2 N–H and O–H groups in total. The van der Waals surface area contributed by atoms with E-state index in [0.29, 0.717) is 17.6 Å². The minimum absolute atomic E-state index is 0. The van der Waals surface area contributed by atoms with Crippen LogP contribution in [0.1, 0.15) is 19.3 Å². The number of sulfonamides is 1. The minimum Gasteiger partial charge on any atom is -0.329 e. The molecule has 0 spiro atoms. The van der Waals surface area contributed by atoms with Crippen LogP contribution in [0.2, 0.25) is 5.02 Å². The van der Waals surface area contributed by atoms with Crippen LogP contribution in [0.5, 0.6) is 0 Å². The van der Waals surface area contributed by atoms with E-state index in [1.807, 2.05) is 0 Å². The van der Waals surface area contributed by atoms with Crippen LogP contribution >= 0.6 is 39.9 Å². The van der Waals surface area contributed by atoms with E-state index in [0.717, 1.165) is 19.3 Å². The molecule has 0 radical (unpaired) electrons. The third-order valence-corrected chi connectivity index (χ3v) is 6.75. The van der Waals surface area contributed by atoms with Crippen LogP contribution in [0.15, 0.2) is 27.6 Å². The van der Waals surface area contributed by atoms with E-state index in [9.17, 15) is 8.42 Å². The SMILES string of the molecule is Cl.NCC1CCCCN1S(=O)(=O)c1cccc(Br)c1Cl. The van der Waals surface area contributed by atoms with Crippen molar-refractivity contribution in [2.24, 2.45) is 5.73 Å². The number of halogens is 3. The third kappa shape index (κ3) is 3.48. The minimum atomic E-state index is -3.59. The second kappa shape index (κ2) is 7.42. The summed E-state index contributed by atoms with van der Waals surface area (Å²) in [5, 5.41) is 0.226. The Morgan fingerprint density at radius 1 is 1.40 bits per heavy atom. The van der Waals surface area contributed by atoms with E-state index in [-0.39, 0.29) is 28.4 Å². The van der Waals surface area contributed by atoms with E-state index < -0.39 is 10.0 Å². The second-order valence-electron chi connectivity index (χ2n) is 4.55. The Kier molecular flexibility index (Phi) is 6.76. The molecule has 8 heteroatoms. The van der Waals surface area contributed by atoms with Crippen LogP contribution in [0.4, 0.5) is 0 Å². The molecule has 0 saturated carbocycles. The van der Waals surface area contributed by atoms with Gasteiger partial charge in [0.25, 0.3) is 0 Å². The lowest BCUT2D eigenvalue weighted by atomic mass is 10.1. The molecule has 4 nitrogen and oxygen atoms in total. The van der Waals surface area contributed by atoms with Gasteiger partial charge in [0.1, 0.15) is 4.90 Å². The molecule has 0 bridgehead atoms. The van der Waals surface area contributed by atoms with E-state index in [2.05, 4.69) is 15.9 Å². The van der Waals surface area contributed by atoms with Crippen molar-refractivity contribution in [3.8, 4) is 0 Å². The highest BCUT2D eigenvalue weighted by molar-refractivity contribution is 9.10. The smallest absolute Gasteiger partial charge is 0.244 e. The summed E-state index contributed by atoms with van der Waals surface area (Å²) >= 11 is 9.36. The molecule has 20 heavy (non-hydrogen) atoms. The lowest BCUT2D eigenvalue weighted by Crippen LogP contribution is -2.47. The molecule has 0 amide bonds. The van der Waals surface area contributed by atoms with Gasteiger partial charge in [-0.3, -0.25) is 0 Å². The van der Waals surface area contributed by atoms with Crippen LogP contribution in [0, 0.1) is 0 Å². The number of nitrogens with zero attached hydrogens (tertiary/aromatic N) is 1. The van der Waals surface area contributed by atoms with Gasteiger partial charge in [-0.15, -0.1) is 12.4 Å². The summed E-state index contributed by atoms with van der Waals surface area (Å²) in [6.45, 7) is 0.845. The highest BCUT2D eigenvalue weighted by Gasteiger charge is 2.34. The van der Waals surface area contributed by atoms with Crippen molar-refractivity contribution >= 4 is 50.0 Å². The summed E-state index contributed by atoms with van der Waals surface area (Å²) in [5.41, 5.74) is 5.69. The average molecular weight is 404 g/mol. The fraction of sp³-hybridized carbons (Fsp3) is 0.500. The van der Waals surface area contributed by atoms with Gasteiger partial charge >= 0.3 is 0 Å². The highest BCUT2D eigenvalue weighted by Crippen LogP contribution is 2.33. The van der Waals surface area contributed by atoms with Gasteiger partial charge in [0, 0.05) is 23.6 Å². The van der Waals surface area contributed by atoms with Crippen LogP contribution in [0.3, 0.4) is 0 Å². The molecule has 1 aliphatic heterocycles. The van der Waals surface area contributed by atoms with E-state index >= 15 is 0 Å². The number of benzene rings is 1. The fourth-order valence-electron chi connectivity index (χ4n) is 2.34. The van der Waals surface area contributed by atoms with Crippen LogP contribution in [-0.2, 0) is 10.0 Å². The van der Waals surface area contributed by atoms with Gasteiger partial charge < -0.3 is 5.73 Å². The Morgan fingerprint density at radius 2 is 2.10 bits per heavy atom. The summed E-state index contributed by atoms with van der Waals surface area (Å²) < 4.78 is 27.5. The van der Waals surface area contributed by atoms with Crippen molar-refractivity contribution in [3.05, 3.63) is 27.7 Å². The average Bonchev–Trinajstić information content (AvgIpc) is 2.41. The summed E-state index contributed by atoms with van der Waals surface area (Å²) in [6, 6.07) is 4.79. The van der Waals surface area contributed by atoms with Crippen molar-refractivity contribution in [3.63, 3.8) is 0 Å². The topological polar surface area (TPSA) is 63.4 Å². The zero-order valence-corrected chi connectivity index (χ0v) is 14.7. The lowest BCUT2D eigenvalue weighted by Gasteiger charge is -2.34. The predicted octanol–water partition coefficient (Wildman–Crippen LogP) is 3.03. The molecule has 0 aliphatic carbocycles. The molecule has 1 saturated heterocycles. The molecule has 2 rings (SSSR count). The van der Waals surface area contributed by atoms with Gasteiger partial charge in [-0.05, 0) is 40.9 Å². The first-order valence-electron chi connectivity index (χ1n) is 6.14. The number of rotatable bonds is 3. The monoisotopic (exact) mass is 402 g/mol. The molecular weight excluding hydrogens is 387 g/mol. The predicted molar refractivity (Wildman–Crippen MR) is 87.0 cm³/mol. The highest BCUT2D eigenvalue weighted by atomic mass is 79.9. The van der Waals surface area contributed by atoms with Gasteiger partial charge in [0.05, 0.1) is 5.02 Å². The quantitative estimate of drug-likeness (QED) is 0.843. The van der Waals surface area contributed by atoms with Gasteiger partial charge in [-0.1, -0.05) is 24.1 Å². The molecule has 0 aromatic heterocycles. The maximum absolute atomic E-state index is 12.7. The number of hydrogen-bond acceptors (Lipinski definition) is 3. The van der Waals surface area contributed by atoms with Crippen molar-refractivity contribution in [1.29, 1.82) is 0 Å². The largest absolute Gasteiger partial charge is 0.329 e. The molecule has 1 fully saturated rings. The Labute approximate surface area is 139 Å². The standard InChI is InChI=1S/C12H16BrClN2O2S.ClH/c13-10-5-3-6-11(12(10)14)19(17,18)16-7-2-1-4-9(16)8-15;/h3,5-6,9H,1-2,4,7-8,15H2;1H. The molecule has 1 aliphatic rings. The molecule has 1 atom stereocenters. The molecular formula is C12H17BrCl2N2O2S. The maximum Gasteiger partial charge on any atom is 0.244 e. The first kappa shape index (κ1) is 18.2. The second-order valence-corrected chi connectivity index (χ2v) is 7.64. The maximum atomic E-state index is 12.7. The number of hydrogen-bond donors (Lipinski definition) is 1. The van der Waals surface area contributed by atoms with Gasteiger partial charge in [0.15, 0.2) is 0 Å². The van der Waals surface area contributed by atoms with Crippen LogP contribution in [0.25, 0.3) is 0 Å². The van der Waals surface area contributed by atoms with Crippen molar-refractivity contribution < 1.29 is 8.42 Å². The van der Waals surface area contributed by atoms with Gasteiger partial charge in [-0.2, -0.15) is 4.31 Å². The Bertz CT molecular complexity index is 569. The fourth-order valence-corrected chi connectivity index (χ4v) is 5.04. The Morgan fingerprint density at radius 3 is 2.75 bits per heavy atom. The Balaban J connectivity index is 0.00000200. The molecule has 1 heterocycles. The van der Waals surface area contributed by atoms with Crippen molar-refractivity contribution in [2.45, 2.75) is 30.2 Å². The summed E-state index contributed by atoms with van der Waals surface area (Å²) in [5.74, 6) is 0. The van der Waals surface area contributed by atoms with Crippen molar-refractivity contribution in [2.75, 3.05) is 13.1 Å². The van der Waals surface area contributed by atoms with Crippen LogP contribution < -0.4 is 5.73 Å². The van der Waals surface area contributed by atoms with Gasteiger partial charge in [-0.25, -0.2) is 8.42 Å². The molecule has 1 aromatic rings. The van der Waals surface area contributed by atoms with E-state index in [4.69, 9.17) is 17.3 Å². The summed E-state index contributed by atoms with van der Waals surface area (Å²) in [7, 11) is -3.59. The molecule has 114 valence electrons.